The molecular weight excluding hydrogens is 312 g/mol. The van der Waals surface area contributed by atoms with Gasteiger partial charge in [-0.2, -0.15) is 4.98 Å². The summed E-state index contributed by atoms with van der Waals surface area (Å²) in [6.07, 6.45) is 4.16. The van der Waals surface area contributed by atoms with E-state index in [1.165, 1.54) is 12.8 Å². The number of ether oxygens (including phenoxy) is 1. The van der Waals surface area contributed by atoms with Crippen LogP contribution in [0, 0.1) is 0 Å². The van der Waals surface area contributed by atoms with Crippen LogP contribution in [0.5, 0.6) is 5.75 Å². The molecule has 2 N–H and O–H groups in total. The molecule has 0 aliphatic heterocycles. The zero-order chi connectivity index (χ0) is 16.9. The number of nitrogens with zero attached hydrogens (tertiary/aromatic N) is 2. The smallest absolute Gasteiger partial charge is 0.224 e. The van der Waals surface area contributed by atoms with Crippen LogP contribution in [0.3, 0.4) is 0 Å². The summed E-state index contributed by atoms with van der Waals surface area (Å²) >= 11 is 0. The Morgan fingerprint density at radius 3 is 2.52 bits per heavy atom. The molecule has 1 aliphatic carbocycles. The topological polar surface area (TPSA) is 59.1 Å². The zero-order valence-corrected chi connectivity index (χ0v) is 13.9. The summed E-state index contributed by atoms with van der Waals surface area (Å²) in [5.74, 6) is 2.29. The minimum atomic E-state index is 0.538. The van der Waals surface area contributed by atoms with E-state index in [4.69, 9.17) is 4.74 Å². The fourth-order valence-corrected chi connectivity index (χ4v) is 2.43. The van der Waals surface area contributed by atoms with Crippen molar-refractivity contribution in [3.63, 3.8) is 0 Å². The van der Waals surface area contributed by atoms with Gasteiger partial charge in [0.05, 0.1) is 0 Å². The van der Waals surface area contributed by atoms with Crippen LogP contribution in [-0.2, 0) is 6.61 Å². The maximum absolute atomic E-state index is 5.80. The first-order valence-electron chi connectivity index (χ1n) is 8.48. The van der Waals surface area contributed by atoms with E-state index in [1.54, 1.807) is 6.20 Å². The summed E-state index contributed by atoms with van der Waals surface area (Å²) in [5, 5.41) is 6.59. The Kier molecular flexibility index (Phi) is 4.46. The molecule has 1 aliphatic rings. The molecule has 25 heavy (non-hydrogen) atoms. The van der Waals surface area contributed by atoms with E-state index in [2.05, 4.69) is 32.7 Å². The highest BCUT2D eigenvalue weighted by atomic mass is 16.5. The van der Waals surface area contributed by atoms with Crippen LogP contribution < -0.4 is 15.4 Å². The van der Waals surface area contributed by atoms with Gasteiger partial charge in [0.15, 0.2) is 0 Å². The Morgan fingerprint density at radius 2 is 1.76 bits per heavy atom. The average molecular weight is 332 g/mol. The molecule has 1 fully saturated rings. The highest BCUT2D eigenvalue weighted by molar-refractivity contribution is 5.57. The molecule has 1 aromatic heterocycles. The van der Waals surface area contributed by atoms with Crippen molar-refractivity contribution in [2.75, 3.05) is 10.6 Å². The molecule has 0 spiro atoms. The van der Waals surface area contributed by atoms with Crippen molar-refractivity contribution in [2.24, 2.45) is 0 Å². The van der Waals surface area contributed by atoms with Crippen molar-refractivity contribution < 1.29 is 4.74 Å². The van der Waals surface area contributed by atoms with E-state index in [0.29, 0.717) is 18.6 Å². The summed E-state index contributed by atoms with van der Waals surface area (Å²) in [7, 11) is 0. The summed E-state index contributed by atoms with van der Waals surface area (Å²) in [5.41, 5.74) is 2.12. The van der Waals surface area contributed by atoms with Crippen molar-refractivity contribution in [1.82, 2.24) is 9.97 Å². The lowest BCUT2D eigenvalue weighted by Crippen LogP contribution is -2.06. The van der Waals surface area contributed by atoms with Crippen molar-refractivity contribution in [2.45, 2.75) is 25.5 Å². The molecule has 2 aromatic carbocycles. The minimum absolute atomic E-state index is 0.538. The van der Waals surface area contributed by atoms with Crippen molar-refractivity contribution in [3.8, 4) is 5.75 Å². The van der Waals surface area contributed by atoms with Gasteiger partial charge in [0.25, 0.3) is 0 Å². The molecule has 4 rings (SSSR count). The lowest BCUT2D eigenvalue weighted by atomic mass is 10.2. The second kappa shape index (κ2) is 7.21. The first-order valence-corrected chi connectivity index (χ1v) is 8.48. The van der Waals surface area contributed by atoms with Gasteiger partial charge in [0.2, 0.25) is 5.95 Å². The van der Waals surface area contributed by atoms with Crippen LogP contribution in [-0.4, -0.2) is 16.0 Å². The molecule has 0 bridgehead atoms. The summed E-state index contributed by atoms with van der Waals surface area (Å²) < 4.78 is 5.80. The fourth-order valence-electron chi connectivity index (χ4n) is 2.43. The zero-order valence-electron chi connectivity index (χ0n) is 13.9. The van der Waals surface area contributed by atoms with E-state index >= 15 is 0 Å². The Labute approximate surface area is 147 Å². The molecule has 126 valence electrons. The normalized spacial score (nSPS) is 13.3. The predicted molar refractivity (Wildman–Crippen MR) is 99.2 cm³/mol. The second-order valence-electron chi connectivity index (χ2n) is 6.11. The summed E-state index contributed by atoms with van der Waals surface area (Å²) in [6.45, 7) is 0.565. The van der Waals surface area contributed by atoms with Crippen LogP contribution in [0.15, 0.2) is 66.9 Å². The summed E-state index contributed by atoms with van der Waals surface area (Å²) in [4.78, 5) is 8.73. The highest BCUT2D eigenvalue weighted by Crippen LogP contribution is 2.24. The van der Waals surface area contributed by atoms with Gasteiger partial charge in [-0.1, -0.05) is 30.3 Å². The number of hydrogen-bond acceptors (Lipinski definition) is 5. The molecule has 5 nitrogen and oxygen atoms in total. The van der Waals surface area contributed by atoms with Crippen molar-refractivity contribution in [3.05, 3.63) is 72.4 Å². The monoisotopic (exact) mass is 332 g/mol. The fraction of sp³-hybridized carbons (Fsp3) is 0.200. The molecule has 0 radical (unpaired) electrons. The summed E-state index contributed by atoms with van der Waals surface area (Å²) in [6, 6.07) is 20.4. The maximum atomic E-state index is 5.80. The Hall–Kier alpha value is -3.08. The van der Waals surface area contributed by atoms with Crippen LogP contribution >= 0.6 is 0 Å². The molecule has 0 unspecified atom stereocenters. The van der Waals surface area contributed by atoms with E-state index in [9.17, 15) is 0 Å². The second-order valence-corrected chi connectivity index (χ2v) is 6.11. The Morgan fingerprint density at radius 1 is 0.960 bits per heavy atom. The third-order valence-electron chi connectivity index (χ3n) is 3.94. The first-order chi connectivity index (χ1) is 12.3. The third kappa shape index (κ3) is 4.47. The number of rotatable bonds is 7. The molecule has 1 saturated carbocycles. The maximum Gasteiger partial charge on any atom is 0.224 e. The van der Waals surface area contributed by atoms with Crippen molar-refractivity contribution in [1.29, 1.82) is 0 Å². The first kappa shape index (κ1) is 15.4. The molecule has 3 aromatic rings. The molecule has 0 amide bonds. The number of benzene rings is 2. The van der Waals surface area contributed by atoms with Crippen LogP contribution in [0.2, 0.25) is 0 Å². The average Bonchev–Trinajstić information content (AvgIpc) is 3.46. The highest BCUT2D eigenvalue weighted by Gasteiger charge is 2.21. The molecule has 1 heterocycles. The number of aromatic nitrogens is 2. The van der Waals surface area contributed by atoms with Gasteiger partial charge >= 0.3 is 0 Å². The van der Waals surface area contributed by atoms with Gasteiger partial charge in [-0.05, 0) is 48.7 Å². The molecule has 5 heteroatoms. The minimum Gasteiger partial charge on any atom is -0.489 e. The molecule has 0 atom stereocenters. The van der Waals surface area contributed by atoms with Gasteiger partial charge < -0.3 is 15.4 Å². The van der Waals surface area contributed by atoms with Gasteiger partial charge in [-0.3, -0.25) is 0 Å². The SMILES string of the molecule is c1ccc(COc2ccc(Nc3ccnc(NC4CC4)n3)cc2)cc1. The van der Waals surface area contributed by atoms with E-state index in [1.807, 2.05) is 48.5 Å². The lowest BCUT2D eigenvalue weighted by molar-refractivity contribution is 0.306. The van der Waals surface area contributed by atoms with E-state index in [-0.39, 0.29) is 0 Å². The number of hydrogen-bond donors (Lipinski definition) is 2. The lowest BCUT2D eigenvalue weighted by Gasteiger charge is -2.09. The standard InChI is InChI=1S/C20H20N4O/c1-2-4-15(5-3-1)14-25-18-10-8-16(9-11-18)22-19-12-13-21-20(24-19)23-17-6-7-17/h1-5,8-13,17H,6-7,14H2,(H2,21,22,23,24). The van der Waals surface area contributed by atoms with Gasteiger partial charge in [-0.25, -0.2) is 4.98 Å². The van der Waals surface area contributed by atoms with Crippen molar-refractivity contribution >= 4 is 17.5 Å². The third-order valence-corrected chi connectivity index (χ3v) is 3.94. The number of nitrogens with one attached hydrogen (secondary N) is 2. The molecule has 0 saturated heterocycles. The Balaban J connectivity index is 1.35. The largest absolute Gasteiger partial charge is 0.489 e. The van der Waals surface area contributed by atoms with Gasteiger partial charge in [0, 0.05) is 17.9 Å². The van der Waals surface area contributed by atoms with Crippen LogP contribution in [0.4, 0.5) is 17.5 Å². The predicted octanol–water partition coefficient (Wildman–Crippen LogP) is 4.37. The van der Waals surface area contributed by atoms with Gasteiger partial charge in [0.1, 0.15) is 18.2 Å². The van der Waals surface area contributed by atoms with E-state index in [0.717, 1.165) is 22.8 Å². The van der Waals surface area contributed by atoms with Crippen LogP contribution in [0.25, 0.3) is 0 Å². The molecular formula is C20H20N4O. The van der Waals surface area contributed by atoms with E-state index < -0.39 is 0 Å². The number of anilines is 3. The Bertz CT molecular complexity index is 817. The van der Waals surface area contributed by atoms with Gasteiger partial charge in [-0.15, -0.1) is 0 Å². The van der Waals surface area contributed by atoms with Crippen LogP contribution in [0.1, 0.15) is 18.4 Å². The quantitative estimate of drug-likeness (QED) is 0.672.